The van der Waals surface area contributed by atoms with Crippen molar-refractivity contribution in [1.29, 1.82) is 0 Å². The molecule has 0 radical (unpaired) electrons. The average molecular weight is 238 g/mol. The maximum Gasteiger partial charge on any atom is 0.249 e. The lowest BCUT2D eigenvalue weighted by atomic mass is 10.4. The van der Waals surface area contributed by atoms with Crippen LogP contribution in [0.4, 0.5) is 0 Å². The van der Waals surface area contributed by atoms with Crippen molar-refractivity contribution in [3.05, 3.63) is 37.6 Å². The van der Waals surface area contributed by atoms with E-state index in [9.17, 15) is 4.79 Å². The van der Waals surface area contributed by atoms with Gasteiger partial charge in [0.1, 0.15) is 0 Å². The third-order valence-corrected chi connectivity index (χ3v) is 4.44. The summed E-state index contributed by atoms with van der Waals surface area (Å²) in [6.07, 6.45) is 9.33. The molecule has 1 heterocycles. The molecule has 0 saturated carbocycles. The summed E-state index contributed by atoms with van der Waals surface area (Å²) in [4.78, 5) is 13.8. The summed E-state index contributed by atoms with van der Waals surface area (Å²) in [5, 5.41) is 0. The Morgan fingerprint density at radius 3 is 2.75 bits per heavy atom. The summed E-state index contributed by atoms with van der Waals surface area (Å²) in [5.41, 5.74) is 0. The second-order valence-electron chi connectivity index (χ2n) is 3.69. The molecule has 4 heteroatoms. The van der Waals surface area contributed by atoms with E-state index >= 15 is 0 Å². The van der Waals surface area contributed by atoms with Crippen molar-refractivity contribution in [1.82, 2.24) is 9.57 Å². The van der Waals surface area contributed by atoms with Crippen molar-refractivity contribution < 1.29 is 4.79 Å². The number of hydrogen-bond acceptors (Lipinski definition) is 2. The summed E-state index contributed by atoms with van der Waals surface area (Å²) >= 11 is 0. The molecule has 1 fully saturated rings. The van der Waals surface area contributed by atoms with Gasteiger partial charge in [0.25, 0.3) is 0 Å². The van der Waals surface area contributed by atoms with E-state index in [-0.39, 0.29) is 5.91 Å². The Balaban J connectivity index is 2.48. The van der Waals surface area contributed by atoms with Crippen molar-refractivity contribution in [3.63, 3.8) is 0 Å². The van der Waals surface area contributed by atoms with Gasteiger partial charge in [-0.1, -0.05) is 18.7 Å². The molecule has 1 unspecified atom stereocenters. The molecule has 0 aliphatic carbocycles. The summed E-state index contributed by atoms with van der Waals surface area (Å²) in [6, 6.07) is 0. The molecule has 1 amide bonds. The van der Waals surface area contributed by atoms with E-state index < -0.39 is 8.07 Å². The molecule has 0 spiro atoms. The van der Waals surface area contributed by atoms with Crippen LogP contribution in [0.1, 0.15) is 6.42 Å². The number of carbonyl (C=O) groups is 1. The Hall–Kier alpha value is -1.08. The average Bonchev–Trinajstić information content (AvgIpc) is 2.29. The highest BCUT2D eigenvalue weighted by Gasteiger charge is 2.24. The van der Waals surface area contributed by atoms with Crippen LogP contribution >= 0.6 is 8.07 Å². The van der Waals surface area contributed by atoms with Gasteiger partial charge < -0.3 is 9.57 Å². The molecule has 1 aliphatic rings. The quantitative estimate of drug-likeness (QED) is 0.426. The van der Waals surface area contributed by atoms with Gasteiger partial charge >= 0.3 is 0 Å². The van der Waals surface area contributed by atoms with E-state index in [2.05, 4.69) is 37.0 Å². The molecular weight excluding hydrogens is 219 g/mol. The van der Waals surface area contributed by atoms with Crippen LogP contribution in [-0.2, 0) is 4.79 Å². The van der Waals surface area contributed by atoms with Crippen molar-refractivity contribution in [2.75, 3.05) is 26.0 Å². The van der Waals surface area contributed by atoms with Crippen molar-refractivity contribution >= 4 is 14.0 Å². The van der Waals surface area contributed by atoms with Gasteiger partial charge in [-0.2, -0.15) is 0 Å². The molecule has 88 valence electrons. The van der Waals surface area contributed by atoms with Crippen molar-refractivity contribution in [3.8, 4) is 0 Å². The molecule has 1 aliphatic heterocycles. The minimum atomic E-state index is -0.399. The van der Waals surface area contributed by atoms with Gasteiger partial charge in [0.15, 0.2) is 0 Å². The normalized spacial score (nSPS) is 21.2. The highest BCUT2D eigenvalue weighted by Crippen LogP contribution is 2.39. The third-order valence-electron chi connectivity index (χ3n) is 2.45. The van der Waals surface area contributed by atoms with E-state index in [1.807, 2.05) is 10.7 Å². The molecule has 0 aromatic heterocycles. The first-order valence-electron chi connectivity index (χ1n) is 5.35. The molecule has 16 heavy (non-hydrogen) atoms. The van der Waals surface area contributed by atoms with Gasteiger partial charge in [-0.15, -0.1) is 6.58 Å². The van der Waals surface area contributed by atoms with Crippen LogP contribution < -0.4 is 0 Å². The second kappa shape index (κ2) is 6.49. The van der Waals surface area contributed by atoms with Crippen LogP contribution in [0.2, 0.25) is 0 Å². The summed E-state index contributed by atoms with van der Waals surface area (Å²) in [7, 11) is -0.399. The van der Waals surface area contributed by atoms with E-state index in [1.165, 1.54) is 6.08 Å². The Labute approximate surface area is 98.9 Å². The monoisotopic (exact) mass is 238 g/mol. The van der Waals surface area contributed by atoms with Gasteiger partial charge in [0.05, 0.1) is 6.29 Å². The Morgan fingerprint density at radius 1 is 1.44 bits per heavy atom. The summed E-state index contributed by atoms with van der Waals surface area (Å²) < 4.78 is 1.93. The van der Waals surface area contributed by atoms with Gasteiger partial charge in [0.2, 0.25) is 5.91 Å². The van der Waals surface area contributed by atoms with Gasteiger partial charge in [0, 0.05) is 21.2 Å². The minimum absolute atomic E-state index is 0.0586. The molecular formula is C12H19N2OP. The van der Waals surface area contributed by atoms with E-state index in [0.717, 1.165) is 25.8 Å². The minimum Gasteiger partial charge on any atom is -0.370 e. The maximum atomic E-state index is 11.5. The van der Waals surface area contributed by atoms with E-state index in [0.29, 0.717) is 0 Å². The largest absolute Gasteiger partial charge is 0.370 e. The zero-order chi connectivity index (χ0) is 12.0. The summed E-state index contributed by atoms with van der Waals surface area (Å²) in [5.74, 6) is 0.0586. The van der Waals surface area contributed by atoms with E-state index in [1.54, 1.807) is 0 Å². The number of rotatable bonds is 4. The van der Waals surface area contributed by atoms with Crippen molar-refractivity contribution in [2.45, 2.75) is 6.42 Å². The van der Waals surface area contributed by atoms with Crippen LogP contribution in [0.15, 0.2) is 37.6 Å². The molecule has 0 aromatic rings. The lowest BCUT2D eigenvalue weighted by Crippen LogP contribution is -2.40. The number of hydrogen-bond donors (Lipinski definition) is 0. The zero-order valence-corrected chi connectivity index (χ0v) is 10.7. The zero-order valence-electron chi connectivity index (χ0n) is 9.80. The van der Waals surface area contributed by atoms with Crippen LogP contribution in [0.5, 0.6) is 0 Å². The van der Waals surface area contributed by atoms with E-state index in [4.69, 9.17) is 0 Å². The van der Waals surface area contributed by atoms with Crippen LogP contribution in [0, 0.1) is 0 Å². The number of amides is 1. The molecule has 0 N–H and O–H groups in total. The standard InChI is InChI=1S/C12H19N2OP/c1-4-6-7-8-13-9-10-14(12(15)5-2)16(3)11-13/h4-5,7-8H,1-2,6,9-11H2,3H3/b8-7+. The smallest absolute Gasteiger partial charge is 0.249 e. The predicted octanol–water partition coefficient (Wildman–Crippen LogP) is 2.39. The molecule has 3 nitrogen and oxygen atoms in total. The maximum absolute atomic E-state index is 11.5. The number of nitrogens with zero attached hydrogens (tertiary/aromatic N) is 2. The first-order chi connectivity index (χ1) is 7.69. The lowest BCUT2D eigenvalue weighted by molar-refractivity contribution is -0.121. The highest BCUT2D eigenvalue weighted by molar-refractivity contribution is 7.55. The molecule has 0 bridgehead atoms. The Kier molecular flexibility index (Phi) is 5.27. The van der Waals surface area contributed by atoms with Crippen LogP contribution in [0.25, 0.3) is 0 Å². The second-order valence-corrected chi connectivity index (χ2v) is 5.77. The number of allylic oxidation sites excluding steroid dienone is 2. The Morgan fingerprint density at radius 2 is 2.19 bits per heavy atom. The molecule has 1 atom stereocenters. The fourth-order valence-electron chi connectivity index (χ4n) is 1.62. The SMILES string of the molecule is C=CC/C=C/N1CCN(C(=O)C=C)P(C)C1. The summed E-state index contributed by atoms with van der Waals surface area (Å²) in [6.45, 7) is 11.0. The molecule has 1 rings (SSSR count). The van der Waals surface area contributed by atoms with Gasteiger partial charge in [-0.25, -0.2) is 0 Å². The van der Waals surface area contributed by atoms with Crippen molar-refractivity contribution in [2.24, 2.45) is 0 Å². The first kappa shape index (κ1) is 13.0. The lowest BCUT2D eigenvalue weighted by Gasteiger charge is -2.38. The first-order valence-corrected chi connectivity index (χ1v) is 7.28. The fraction of sp³-hybridized carbons (Fsp3) is 0.417. The molecule has 1 saturated heterocycles. The third kappa shape index (κ3) is 3.49. The Bertz CT molecular complexity index is 301. The van der Waals surface area contributed by atoms with Gasteiger partial charge in [-0.3, -0.25) is 4.79 Å². The van der Waals surface area contributed by atoms with Gasteiger partial charge in [-0.05, 0) is 25.4 Å². The topological polar surface area (TPSA) is 23.6 Å². The number of carbonyl (C=O) groups excluding carboxylic acids is 1. The molecule has 0 aromatic carbocycles. The van der Waals surface area contributed by atoms with Crippen LogP contribution in [-0.4, -0.2) is 41.5 Å². The highest BCUT2D eigenvalue weighted by atomic mass is 31.1. The predicted molar refractivity (Wildman–Crippen MR) is 70.3 cm³/mol. The van der Waals surface area contributed by atoms with Crippen LogP contribution in [0.3, 0.4) is 0 Å². The fourth-order valence-corrected chi connectivity index (χ4v) is 3.38.